The molecule has 4 aromatic rings. The highest BCUT2D eigenvalue weighted by Crippen LogP contribution is 2.39. The molecule has 7 nitrogen and oxygen atoms in total. The van der Waals surface area contributed by atoms with Gasteiger partial charge in [0.15, 0.2) is 6.17 Å². The van der Waals surface area contributed by atoms with Gasteiger partial charge in [-0.1, -0.05) is 30.3 Å². The van der Waals surface area contributed by atoms with E-state index < -0.39 is 12.1 Å². The van der Waals surface area contributed by atoms with Crippen molar-refractivity contribution in [1.82, 2.24) is 15.4 Å². The summed E-state index contributed by atoms with van der Waals surface area (Å²) in [6.07, 6.45) is 2.19. The molecule has 3 N–H and O–H groups in total. The predicted octanol–water partition coefficient (Wildman–Crippen LogP) is 4.46. The topological polar surface area (TPSA) is 94.6 Å². The van der Waals surface area contributed by atoms with Crippen molar-refractivity contribution >= 4 is 50.9 Å². The van der Waals surface area contributed by atoms with Gasteiger partial charge >= 0.3 is 0 Å². The van der Waals surface area contributed by atoms with Gasteiger partial charge in [0.05, 0.1) is 5.56 Å². The number of aromatic hydroxyl groups is 1. The van der Waals surface area contributed by atoms with Crippen LogP contribution in [0.25, 0.3) is 10.8 Å². The average molecular weight is 536 g/mol. The number of fused-ring (bicyclic) bond motifs is 2. The van der Waals surface area contributed by atoms with Gasteiger partial charge in [-0.15, -0.1) is 0 Å². The Bertz CT molecular complexity index is 1360. The van der Waals surface area contributed by atoms with Gasteiger partial charge in [-0.05, 0) is 69.8 Å². The smallest absolute Gasteiger partial charge is 0.276 e. The fraction of sp³-hybridized carbons (Fsp3) is 0.0417. The molecule has 3 aromatic carbocycles. The summed E-state index contributed by atoms with van der Waals surface area (Å²) in [6, 6.07) is 19.6. The molecule has 2 amide bonds. The number of anilines is 1. The SMILES string of the molecule is O=C(NN1C(=O)c2cc(I)ccc2N[C@H]1c1c(O)ccc2ccccc12)c1ccncc1. The van der Waals surface area contributed by atoms with Gasteiger partial charge in [0.1, 0.15) is 5.75 Å². The Balaban J connectivity index is 1.65. The second-order valence-electron chi connectivity index (χ2n) is 7.31. The summed E-state index contributed by atoms with van der Waals surface area (Å²) in [5, 5.41) is 17.1. The van der Waals surface area contributed by atoms with Gasteiger partial charge < -0.3 is 10.4 Å². The number of nitrogens with one attached hydrogen (secondary N) is 2. The van der Waals surface area contributed by atoms with Gasteiger partial charge in [0, 0.05) is 32.8 Å². The fourth-order valence-electron chi connectivity index (χ4n) is 3.84. The summed E-state index contributed by atoms with van der Waals surface area (Å²) in [4.78, 5) is 30.4. The molecule has 0 fully saturated rings. The number of hydrogen-bond donors (Lipinski definition) is 3. The number of nitrogens with zero attached hydrogens (tertiary/aromatic N) is 2. The normalized spacial score (nSPS) is 15.2. The van der Waals surface area contributed by atoms with Crippen LogP contribution >= 0.6 is 22.6 Å². The Hall–Kier alpha value is -3.66. The van der Waals surface area contributed by atoms with E-state index in [9.17, 15) is 14.7 Å². The number of amides is 2. The van der Waals surface area contributed by atoms with Crippen LogP contribution in [-0.2, 0) is 0 Å². The van der Waals surface area contributed by atoms with Crippen LogP contribution in [0.1, 0.15) is 32.4 Å². The van der Waals surface area contributed by atoms with Crippen molar-refractivity contribution in [1.29, 1.82) is 0 Å². The van der Waals surface area contributed by atoms with Crippen LogP contribution in [0, 0.1) is 3.57 Å². The molecule has 8 heteroatoms. The molecule has 0 saturated carbocycles. The van der Waals surface area contributed by atoms with Crippen LogP contribution in [0.4, 0.5) is 5.69 Å². The number of phenolic OH excluding ortho intramolecular Hbond substituents is 1. The second kappa shape index (κ2) is 8.12. The zero-order chi connectivity index (χ0) is 22.2. The summed E-state index contributed by atoms with van der Waals surface area (Å²) < 4.78 is 0.892. The molecule has 0 unspecified atom stereocenters. The van der Waals surface area contributed by atoms with Crippen molar-refractivity contribution in [3.05, 3.63) is 99.4 Å². The number of pyridine rings is 1. The quantitative estimate of drug-likeness (QED) is 0.337. The first-order chi connectivity index (χ1) is 15.5. The number of hydrogen-bond acceptors (Lipinski definition) is 5. The van der Waals surface area contributed by atoms with E-state index in [1.165, 1.54) is 17.4 Å². The Morgan fingerprint density at radius 3 is 2.66 bits per heavy atom. The van der Waals surface area contributed by atoms with E-state index in [4.69, 9.17) is 0 Å². The van der Waals surface area contributed by atoms with Crippen molar-refractivity contribution in [2.45, 2.75) is 6.17 Å². The minimum atomic E-state index is -0.827. The molecule has 32 heavy (non-hydrogen) atoms. The molecule has 158 valence electrons. The maximum atomic E-state index is 13.5. The Labute approximate surface area is 197 Å². The molecule has 0 bridgehead atoms. The van der Waals surface area contributed by atoms with Crippen LogP contribution < -0.4 is 10.7 Å². The van der Waals surface area contributed by atoms with E-state index in [0.717, 1.165) is 14.3 Å². The molecule has 5 rings (SSSR count). The lowest BCUT2D eigenvalue weighted by atomic mass is 9.98. The highest BCUT2D eigenvalue weighted by molar-refractivity contribution is 14.1. The predicted molar refractivity (Wildman–Crippen MR) is 129 cm³/mol. The number of carbonyl (C=O) groups excluding carboxylic acids is 2. The standard InChI is InChI=1S/C24H17IN4O3/c25-16-6-7-19-18(13-16)24(32)29(28-23(31)15-9-11-26-12-10-15)22(27-19)21-17-4-2-1-3-14(17)5-8-20(21)30/h1-13,22,27,30H,(H,28,31)/t22-/m1/s1. The number of benzene rings is 3. The molecule has 1 atom stereocenters. The van der Waals surface area contributed by atoms with Crippen LogP contribution in [0.5, 0.6) is 5.75 Å². The zero-order valence-corrected chi connectivity index (χ0v) is 18.8. The molecule has 1 aromatic heterocycles. The molecule has 1 aliphatic rings. The first kappa shape index (κ1) is 20.3. The molecular formula is C24H17IN4O3. The first-order valence-corrected chi connectivity index (χ1v) is 10.9. The third-order valence-corrected chi connectivity index (χ3v) is 6.04. The summed E-state index contributed by atoms with van der Waals surface area (Å²) in [5.41, 5.74) is 4.65. The number of rotatable bonds is 3. The lowest BCUT2D eigenvalue weighted by molar-refractivity contribution is 0.0490. The average Bonchev–Trinajstić information content (AvgIpc) is 2.82. The van der Waals surface area contributed by atoms with Crippen LogP contribution in [-0.4, -0.2) is 26.9 Å². The summed E-state index contributed by atoms with van der Waals surface area (Å²) in [6.45, 7) is 0. The number of hydrazine groups is 1. The largest absolute Gasteiger partial charge is 0.507 e. The maximum absolute atomic E-state index is 13.5. The minimum absolute atomic E-state index is 0.0196. The van der Waals surface area contributed by atoms with Gasteiger partial charge in [0.2, 0.25) is 0 Å². The van der Waals surface area contributed by atoms with E-state index in [1.54, 1.807) is 24.3 Å². The van der Waals surface area contributed by atoms with Crippen LogP contribution in [0.15, 0.2) is 79.1 Å². The summed E-state index contributed by atoms with van der Waals surface area (Å²) in [5.74, 6) is -0.815. The number of halogens is 1. The molecule has 0 radical (unpaired) electrons. The molecule has 2 heterocycles. The lowest BCUT2D eigenvalue weighted by Crippen LogP contribution is -2.53. The first-order valence-electron chi connectivity index (χ1n) is 9.84. The van der Waals surface area contributed by atoms with Gasteiger partial charge in [-0.3, -0.25) is 20.0 Å². The Morgan fingerprint density at radius 1 is 1.06 bits per heavy atom. The van der Waals surface area contributed by atoms with E-state index in [0.29, 0.717) is 22.4 Å². The Kier molecular flexibility index (Phi) is 5.14. The fourth-order valence-corrected chi connectivity index (χ4v) is 4.33. The van der Waals surface area contributed by atoms with Crippen molar-refractivity contribution in [2.75, 3.05) is 5.32 Å². The van der Waals surface area contributed by atoms with Crippen LogP contribution in [0.3, 0.4) is 0 Å². The van der Waals surface area contributed by atoms with Gasteiger partial charge in [0.25, 0.3) is 11.8 Å². The van der Waals surface area contributed by atoms with Crippen molar-refractivity contribution < 1.29 is 14.7 Å². The van der Waals surface area contributed by atoms with Crippen molar-refractivity contribution in [3.63, 3.8) is 0 Å². The highest BCUT2D eigenvalue weighted by Gasteiger charge is 2.37. The monoisotopic (exact) mass is 536 g/mol. The van der Waals surface area contributed by atoms with Crippen LogP contribution in [0.2, 0.25) is 0 Å². The molecule has 1 aliphatic heterocycles. The van der Waals surface area contributed by atoms with Gasteiger partial charge in [-0.2, -0.15) is 0 Å². The van der Waals surface area contributed by atoms with E-state index in [1.807, 2.05) is 42.5 Å². The highest BCUT2D eigenvalue weighted by atomic mass is 127. The molecule has 0 saturated heterocycles. The number of carbonyl (C=O) groups is 2. The van der Waals surface area contributed by atoms with E-state index >= 15 is 0 Å². The number of aromatic nitrogens is 1. The molecule has 0 spiro atoms. The lowest BCUT2D eigenvalue weighted by Gasteiger charge is -2.38. The maximum Gasteiger partial charge on any atom is 0.276 e. The minimum Gasteiger partial charge on any atom is -0.507 e. The van der Waals surface area contributed by atoms with E-state index in [2.05, 4.69) is 38.3 Å². The van der Waals surface area contributed by atoms with Crippen molar-refractivity contribution in [2.24, 2.45) is 0 Å². The summed E-state index contributed by atoms with van der Waals surface area (Å²) >= 11 is 2.14. The number of phenols is 1. The summed E-state index contributed by atoms with van der Waals surface area (Å²) in [7, 11) is 0. The molecular weight excluding hydrogens is 519 g/mol. The second-order valence-corrected chi connectivity index (χ2v) is 8.55. The van der Waals surface area contributed by atoms with Gasteiger partial charge in [-0.25, -0.2) is 5.01 Å². The third kappa shape index (κ3) is 3.52. The zero-order valence-electron chi connectivity index (χ0n) is 16.6. The molecule has 0 aliphatic carbocycles. The third-order valence-electron chi connectivity index (χ3n) is 5.37. The van der Waals surface area contributed by atoms with E-state index in [-0.39, 0.29) is 11.7 Å². The van der Waals surface area contributed by atoms with Crippen molar-refractivity contribution in [3.8, 4) is 5.75 Å². The Morgan fingerprint density at radius 2 is 1.84 bits per heavy atom.